The second-order valence-electron chi connectivity index (χ2n) is 7.13. The van der Waals surface area contributed by atoms with Gasteiger partial charge in [0, 0.05) is 23.2 Å². The zero-order valence-corrected chi connectivity index (χ0v) is 17.6. The number of nitrogens with one attached hydrogen (secondary N) is 1. The Balaban J connectivity index is 2.11. The van der Waals surface area contributed by atoms with Gasteiger partial charge in [0.05, 0.1) is 22.5 Å². The molecule has 0 saturated heterocycles. The highest BCUT2D eigenvalue weighted by Gasteiger charge is 2.30. The molecular weight excluding hydrogens is 433 g/mol. The van der Waals surface area contributed by atoms with E-state index in [2.05, 4.69) is 5.32 Å². The third-order valence-corrected chi connectivity index (χ3v) is 5.28. The van der Waals surface area contributed by atoms with Crippen molar-refractivity contribution in [2.75, 3.05) is 6.54 Å². The maximum Gasteiger partial charge on any atom is 0.416 e. The summed E-state index contributed by atoms with van der Waals surface area (Å²) < 4.78 is 39.8. The number of aromatic hydroxyl groups is 1. The van der Waals surface area contributed by atoms with Crippen molar-refractivity contribution in [2.24, 2.45) is 0 Å². The van der Waals surface area contributed by atoms with Gasteiger partial charge in [-0.2, -0.15) is 13.2 Å². The molecule has 1 aromatic heterocycles. The number of carbonyl (C=O) groups excluding carboxylic acids is 2. The summed E-state index contributed by atoms with van der Waals surface area (Å²) >= 11 is 6.04. The number of amides is 1. The van der Waals surface area contributed by atoms with Crippen molar-refractivity contribution < 1.29 is 27.9 Å². The molecule has 0 atom stereocenters. The number of alkyl halides is 3. The SMILES string of the molecule is CCCNC(=O)Cc1c(C)n(C(=O)c2ccc(C(F)(F)F)cc2)c2cc(Cl)c(O)cc12. The first-order valence-electron chi connectivity index (χ1n) is 9.55. The molecule has 0 aliphatic heterocycles. The number of rotatable bonds is 5. The standard InChI is InChI=1S/C22H20ClF3N2O3/c1-3-8-27-20(30)10-15-12(2)28(18-11-17(23)19(29)9-16(15)18)21(31)13-4-6-14(7-5-13)22(24,25)26/h4-7,9,11,29H,3,8,10H2,1-2H3,(H,27,30). The average molecular weight is 453 g/mol. The van der Waals surface area contributed by atoms with Gasteiger partial charge in [-0.25, -0.2) is 0 Å². The fourth-order valence-corrected chi connectivity index (χ4v) is 3.55. The second-order valence-corrected chi connectivity index (χ2v) is 7.53. The molecule has 0 fully saturated rings. The summed E-state index contributed by atoms with van der Waals surface area (Å²) in [6.45, 7) is 4.05. The predicted molar refractivity (Wildman–Crippen MR) is 112 cm³/mol. The number of benzene rings is 2. The summed E-state index contributed by atoms with van der Waals surface area (Å²) in [5.74, 6) is -1.03. The first-order valence-corrected chi connectivity index (χ1v) is 9.93. The summed E-state index contributed by atoms with van der Waals surface area (Å²) in [4.78, 5) is 25.5. The van der Waals surface area contributed by atoms with Gasteiger partial charge in [-0.15, -0.1) is 0 Å². The highest BCUT2D eigenvalue weighted by atomic mass is 35.5. The molecule has 0 aliphatic carbocycles. The fourth-order valence-electron chi connectivity index (χ4n) is 3.39. The quantitative estimate of drug-likeness (QED) is 0.566. The van der Waals surface area contributed by atoms with Crippen LogP contribution in [0.1, 0.15) is 40.5 Å². The van der Waals surface area contributed by atoms with Gasteiger partial charge in [0.25, 0.3) is 5.91 Å². The second kappa shape index (κ2) is 8.63. The summed E-state index contributed by atoms with van der Waals surface area (Å²) in [6, 6.07) is 6.66. The Morgan fingerprint density at radius 2 is 1.81 bits per heavy atom. The number of halogens is 4. The van der Waals surface area contributed by atoms with Crippen LogP contribution in [0.4, 0.5) is 13.2 Å². The van der Waals surface area contributed by atoms with Gasteiger partial charge in [-0.05, 0) is 55.3 Å². The van der Waals surface area contributed by atoms with E-state index in [4.69, 9.17) is 11.6 Å². The number of carbonyl (C=O) groups is 2. The molecule has 0 radical (unpaired) electrons. The molecule has 31 heavy (non-hydrogen) atoms. The highest BCUT2D eigenvalue weighted by Crippen LogP contribution is 2.35. The van der Waals surface area contributed by atoms with Crippen LogP contribution in [0.2, 0.25) is 5.02 Å². The number of hydrogen-bond acceptors (Lipinski definition) is 3. The van der Waals surface area contributed by atoms with E-state index in [1.807, 2.05) is 6.92 Å². The molecule has 0 aliphatic rings. The van der Waals surface area contributed by atoms with E-state index in [1.165, 1.54) is 16.7 Å². The molecule has 3 aromatic rings. The topological polar surface area (TPSA) is 71.3 Å². The minimum absolute atomic E-state index is 0.00783. The van der Waals surface area contributed by atoms with Crippen LogP contribution >= 0.6 is 11.6 Å². The van der Waals surface area contributed by atoms with Crippen molar-refractivity contribution in [2.45, 2.75) is 32.9 Å². The molecule has 9 heteroatoms. The van der Waals surface area contributed by atoms with Crippen LogP contribution in [0, 0.1) is 6.92 Å². The molecule has 2 N–H and O–H groups in total. The maximum absolute atomic E-state index is 13.2. The molecule has 3 rings (SSSR count). The lowest BCUT2D eigenvalue weighted by molar-refractivity contribution is -0.137. The van der Waals surface area contributed by atoms with Crippen molar-refractivity contribution in [1.29, 1.82) is 0 Å². The maximum atomic E-state index is 13.2. The van der Waals surface area contributed by atoms with Gasteiger partial charge in [0.15, 0.2) is 0 Å². The van der Waals surface area contributed by atoms with Crippen molar-refractivity contribution in [1.82, 2.24) is 9.88 Å². The Morgan fingerprint density at radius 3 is 2.39 bits per heavy atom. The van der Waals surface area contributed by atoms with Gasteiger partial charge in [-0.3, -0.25) is 14.2 Å². The van der Waals surface area contributed by atoms with Crippen LogP contribution in [-0.4, -0.2) is 28.0 Å². The smallest absolute Gasteiger partial charge is 0.416 e. The van der Waals surface area contributed by atoms with Crippen LogP contribution < -0.4 is 5.32 Å². The zero-order valence-electron chi connectivity index (χ0n) is 16.8. The van der Waals surface area contributed by atoms with Crippen molar-refractivity contribution in [3.8, 4) is 5.75 Å². The Morgan fingerprint density at radius 1 is 1.16 bits per heavy atom. The number of phenolic OH excluding ortho intramolecular Hbond substituents is 1. The molecule has 1 amide bonds. The van der Waals surface area contributed by atoms with E-state index in [9.17, 15) is 27.9 Å². The van der Waals surface area contributed by atoms with Gasteiger partial charge in [0.2, 0.25) is 5.91 Å². The fraction of sp³-hybridized carbons (Fsp3) is 0.273. The van der Waals surface area contributed by atoms with E-state index in [-0.39, 0.29) is 28.7 Å². The number of hydrogen-bond donors (Lipinski definition) is 2. The molecule has 0 saturated carbocycles. The Kier molecular flexibility index (Phi) is 6.31. The molecule has 0 spiro atoms. The van der Waals surface area contributed by atoms with E-state index in [0.29, 0.717) is 28.7 Å². The molecular formula is C22H20ClF3N2O3. The lowest BCUT2D eigenvalue weighted by atomic mass is 10.1. The minimum Gasteiger partial charge on any atom is -0.506 e. The highest BCUT2D eigenvalue weighted by molar-refractivity contribution is 6.33. The predicted octanol–water partition coefficient (Wildman–Crippen LogP) is 5.08. The normalized spacial score (nSPS) is 11.7. The number of fused-ring (bicyclic) bond motifs is 1. The van der Waals surface area contributed by atoms with Crippen LogP contribution in [-0.2, 0) is 17.4 Å². The zero-order chi connectivity index (χ0) is 22.9. The van der Waals surface area contributed by atoms with Crippen LogP contribution in [0.15, 0.2) is 36.4 Å². The lowest BCUT2D eigenvalue weighted by Crippen LogP contribution is -2.26. The lowest BCUT2D eigenvalue weighted by Gasteiger charge is -2.10. The van der Waals surface area contributed by atoms with Gasteiger partial charge >= 0.3 is 6.18 Å². The summed E-state index contributed by atoms with van der Waals surface area (Å²) in [5.41, 5.74) is 0.492. The van der Waals surface area contributed by atoms with Crippen LogP contribution in [0.25, 0.3) is 10.9 Å². The largest absolute Gasteiger partial charge is 0.506 e. The van der Waals surface area contributed by atoms with Gasteiger partial charge in [0.1, 0.15) is 5.75 Å². The van der Waals surface area contributed by atoms with E-state index < -0.39 is 17.6 Å². The molecule has 164 valence electrons. The number of aromatic nitrogens is 1. The van der Waals surface area contributed by atoms with Crippen LogP contribution in [0.5, 0.6) is 5.75 Å². The molecule has 0 unspecified atom stereocenters. The Hall–Kier alpha value is -3.00. The Labute approximate surface area is 181 Å². The van der Waals surface area contributed by atoms with E-state index in [0.717, 1.165) is 30.7 Å². The monoisotopic (exact) mass is 452 g/mol. The molecule has 2 aromatic carbocycles. The van der Waals surface area contributed by atoms with Gasteiger partial charge in [-0.1, -0.05) is 18.5 Å². The minimum atomic E-state index is -4.51. The van der Waals surface area contributed by atoms with Crippen molar-refractivity contribution in [3.05, 3.63) is 63.8 Å². The summed E-state index contributed by atoms with van der Waals surface area (Å²) in [5, 5.41) is 13.3. The third kappa shape index (κ3) is 4.54. The molecule has 5 nitrogen and oxygen atoms in total. The number of phenols is 1. The van der Waals surface area contributed by atoms with Crippen LogP contribution in [0.3, 0.4) is 0 Å². The average Bonchev–Trinajstić information content (AvgIpc) is 2.96. The number of nitrogens with zero attached hydrogens (tertiary/aromatic N) is 1. The van der Waals surface area contributed by atoms with Gasteiger partial charge < -0.3 is 10.4 Å². The molecule has 1 heterocycles. The first-order chi connectivity index (χ1) is 14.5. The van der Waals surface area contributed by atoms with Crippen molar-refractivity contribution >= 4 is 34.3 Å². The van der Waals surface area contributed by atoms with E-state index in [1.54, 1.807) is 6.92 Å². The van der Waals surface area contributed by atoms with Crippen molar-refractivity contribution in [3.63, 3.8) is 0 Å². The Bertz CT molecular complexity index is 1150. The summed E-state index contributed by atoms with van der Waals surface area (Å²) in [7, 11) is 0. The van der Waals surface area contributed by atoms with E-state index >= 15 is 0 Å². The molecule has 0 bridgehead atoms. The third-order valence-electron chi connectivity index (χ3n) is 4.98. The first kappa shape index (κ1) is 22.7. The summed E-state index contributed by atoms with van der Waals surface area (Å²) in [6.07, 6.45) is -3.78.